The van der Waals surface area contributed by atoms with E-state index in [1.165, 1.54) is 6.07 Å². The van der Waals surface area contributed by atoms with Crippen LogP contribution in [-0.2, 0) is 11.3 Å². The highest BCUT2D eigenvalue weighted by Gasteiger charge is 2.28. The van der Waals surface area contributed by atoms with Gasteiger partial charge in [0.1, 0.15) is 11.4 Å². The predicted octanol–water partition coefficient (Wildman–Crippen LogP) is 2.82. The first-order valence-corrected chi connectivity index (χ1v) is 8.69. The molecular weight excluding hydrogens is 377 g/mol. The molecule has 0 saturated carbocycles. The summed E-state index contributed by atoms with van der Waals surface area (Å²) in [5.41, 5.74) is -0.0157. The molecule has 0 spiro atoms. The fraction of sp³-hybridized carbons (Fsp3) is 0.556. The molecule has 0 radical (unpaired) electrons. The molecule has 0 unspecified atom stereocenters. The smallest absolute Gasteiger partial charge is 0.422 e. The number of hydrogen-bond donors (Lipinski definition) is 3. The van der Waals surface area contributed by atoms with Gasteiger partial charge in [0.2, 0.25) is 0 Å². The molecule has 0 aliphatic carbocycles. The van der Waals surface area contributed by atoms with Crippen molar-refractivity contribution >= 4 is 12.1 Å². The van der Waals surface area contributed by atoms with Crippen LogP contribution in [0.4, 0.5) is 18.0 Å². The van der Waals surface area contributed by atoms with Gasteiger partial charge in [-0.2, -0.15) is 13.2 Å². The van der Waals surface area contributed by atoms with E-state index in [-0.39, 0.29) is 12.3 Å². The van der Waals surface area contributed by atoms with E-state index < -0.39 is 24.5 Å². The van der Waals surface area contributed by atoms with Crippen molar-refractivity contribution in [1.29, 1.82) is 0 Å². The van der Waals surface area contributed by atoms with Gasteiger partial charge in [-0.3, -0.25) is 4.99 Å². The van der Waals surface area contributed by atoms with Crippen LogP contribution in [-0.4, -0.2) is 50.6 Å². The molecule has 0 saturated heterocycles. The number of carbonyl (C=O) groups excluding carboxylic acids is 1. The Morgan fingerprint density at radius 3 is 2.32 bits per heavy atom. The van der Waals surface area contributed by atoms with Crippen LogP contribution in [0.5, 0.6) is 5.75 Å². The van der Waals surface area contributed by atoms with Gasteiger partial charge in [-0.25, -0.2) is 4.79 Å². The Labute approximate surface area is 162 Å². The van der Waals surface area contributed by atoms with Gasteiger partial charge in [0, 0.05) is 32.2 Å². The van der Waals surface area contributed by atoms with E-state index in [9.17, 15) is 18.0 Å². The van der Waals surface area contributed by atoms with Crippen molar-refractivity contribution in [2.24, 2.45) is 4.99 Å². The second-order valence-corrected chi connectivity index (χ2v) is 6.79. The molecule has 0 heterocycles. The van der Waals surface area contributed by atoms with E-state index in [0.717, 1.165) is 0 Å². The van der Waals surface area contributed by atoms with Crippen molar-refractivity contribution in [3.8, 4) is 5.75 Å². The van der Waals surface area contributed by atoms with Crippen molar-refractivity contribution in [3.05, 3.63) is 29.8 Å². The lowest BCUT2D eigenvalue weighted by atomic mass is 10.2. The van der Waals surface area contributed by atoms with E-state index in [2.05, 4.69) is 20.9 Å². The summed E-state index contributed by atoms with van der Waals surface area (Å²) >= 11 is 0. The Morgan fingerprint density at radius 1 is 1.07 bits per heavy atom. The highest BCUT2D eigenvalue weighted by molar-refractivity contribution is 5.79. The summed E-state index contributed by atoms with van der Waals surface area (Å²) in [4.78, 5) is 15.6. The molecule has 10 heteroatoms. The molecule has 3 N–H and O–H groups in total. The standard InChI is InChI=1S/C18H27F3N4O3/c1-17(2,3)28-16(26)24-10-9-23-15(22-4)25-11-13-7-5-6-8-14(13)27-12-18(19,20)21/h5-8H,9-12H2,1-4H3,(H,24,26)(H2,22,23,25). The van der Waals surface area contributed by atoms with Crippen LogP contribution >= 0.6 is 0 Å². The van der Waals surface area contributed by atoms with Gasteiger partial charge in [0.15, 0.2) is 12.6 Å². The molecule has 28 heavy (non-hydrogen) atoms. The highest BCUT2D eigenvalue weighted by Crippen LogP contribution is 2.22. The van der Waals surface area contributed by atoms with Gasteiger partial charge in [0.25, 0.3) is 0 Å². The summed E-state index contributed by atoms with van der Waals surface area (Å²) in [5.74, 6) is 0.575. The Kier molecular flexibility index (Phi) is 8.87. The molecule has 0 aromatic heterocycles. The summed E-state index contributed by atoms with van der Waals surface area (Å²) in [7, 11) is 1.56. The maximum atomic E-state index is 12.4. The number of alkyl halides is 3. The molecular formula is C18H27F3N4O3. The summed E-state index contributed by atoms with van der Waals surface area (Å²) in [6.45, 7) is 4.86. The Hall–Kier alpha value is -2.65. The zero-order valence-electron chi connectivity index (χ0n) is 16.4. The number of ether oxygens (including phenoxy) is 2. The third-order valence-electron chi connectivity index (χ3n) is 3.12. The molecule has 0 aliphatic heterocycles. The van der Waals surface area contributed by atoms with Crippen LogP contribution < -0.4 is 20.7 Å². The van der Waals surface area contributed by atoms with Crippen LogP contribution in [0.2, 0.25) is 0 Å². The lowest BCUT2D eigenvalue weighted by Gasteiger charge is -2.20. The van der Waals surface area contributed by atoms with E-state index in [1.54, 1.807) is 46.0 Å². The molecule has 1 aromatic carbocycles. The minimum atomic E-state index is -4.40. The van der Waals surface area contributed by atoms with E-state index >= 15 is 0 Å². The van der Waals surface area contributed by atoms with Gasteiger partial charge >= 0.3 is 12.3 Å². The molecule has 158 valence electrons. The predicted molar refractivity (Wildman–Crippen MR) is 100 cm³/mol. The van der Waals surface area contributed by atoms with Crippen molar-refractivity contribution in [2.75, 3.05) is 26.7 Å². The second-order valence-electron chi connectivity index (χ2n) is 6.79. The Bertz CT molecular complexity index is 658. The fourth-order valence-corrected chi connectivity index (χ4v) is 2.01. The number of alkyl carbamates (subject to hydrolysis) is 1. The van der Waals surface area contributed by atoms with Crippen LogP contribution in [0.3, 0.4) is 0 Å². The average molecular weight is 404 g/mol. The first-order chi connectivity index (χ1) is 13.0. The number of benzene rings is 1. The number of hydrogen-bond acceptors (Lipinski definition) is 4. The number of halogens is 3. The maximum Gasteiger partial charge on any atom is 0.422 e. The van der Waals surface area contributed by atoms with Crippen LogP contribution in [0.15, 0.2) is 29.3 Å². The number of carbonyl (C=O) groups is 1. The van der Waals surface area contributed by atoms with Crippen molar-refractivity contribution in [2.45, 2.75) is 39.1 Å². The molecule has 7 nitrogen and oxygen atoms in total. The van der Waals surface area contributed by atoms with Gasteiger partial charge in [-0.05, 0) is 26.8 Å². The molecule has 1 aromatic rings. The summed E-state index contributed by atoms with van der Waals surface area (Å²) in [6, 6.07) is 6.45. The largest absolute Gasteiger partial charge is 0.484 e. The summed E-state index contributed by atoms with van der Waals surface area (Å²) < 4.78 is 47.0. The Balaban J connectivity index is 2.43. The minimum Gasteiger partial charge on any atom is -0.484 e. The number of aliphatic imine (C=N–C) groups is 1. The SMILES string of the molecule is CN=C(NCCNC(=O)OC(C)(C)C)NCc1ccccc1OCC(F)(F)F. The molecule has 1 amide bonds. The lowest BCUT2D eigenvalue weighted by molar-refractivity contribution is -0.153. The summed E-state index contributed by atoms with van der Waals surface area (Å²) in [5, 5.41) is 8.56. The molecule has 0 bridgehead atoms. The second kappa shape index (κ2) is 10.6. The highest BCUT2D eigenvalue weighted by atomic mass is 19.4. The third-order valence-corrected chi connectivity index (χ3v) is 3.12. The number of rotatable bonds is 7. The maximum absolute atomic E-state index is 12.4. The van der Waals surface area contributed by atoms with Crippen molar-refractivity contribution < 1.29 is 27.4 Å². The van der Waals surface area contributed by atoms with E-state index in [1.807, 2.05) is 0 Å². The van der Waals surface area contributed by atoms with Crippen LogP contribution in [0.1, 0.15) is 26.3 Å². The number of para-hydroxylation sites is 1. The first kappa shape index (κ1) is 23.4. The van der Waals surface area contributed by atoms with E-state index in [4.69, 9.17) is 9.47 Å². The van der Waals surface area contributed by atoms with Crippen LogP contribution in [0, 0.1) is 0 Å². The quantitative estimate of drug-likeness (QED) is 0.370. The first-order valence-electron chi connectivity index (χ1n) is 8.69. The number of guanidine groups is 1. The lowest BCUT2D eigenvalue weighted by Crippen LogP contribution is -2.42. The zero-order chi connectivity index (χ0) is 21.2. The molecule has 0 atom stereocenters. The van der Waals surface area contributed by atoms with Gasteiger partial charge in [-0.15, -0.1) is 0 Å². The molecule has 0 aliphatic rings. The van der Waals surface area contributed by atoms with E-state index in [0.29, 0.717) is 24.6 Å². The number of amides is 1. The average Bonchev–Trinajstić information content (AvgIpc) is 2.58. The summed E-state index contributed by atoms with van der Waals surface area (Å²) in [6.07, 6.45) is -4.92. The number of nitrogens with zero attached hydrogens (tertiary/aromatic N) is 1. The molecule has 0 fully saturated rings. The van der Waals surface area contributed by atoms with Crippen molar-refractivity contribution in [1.82, 2.24) is 16.0 Å². The monoisotopic (exact) mass is 404 g/mol. The van der Waals surface area contributed by atoms with Crippen LogP contribution in [0.25, 0.3) is 0 Å². The zero-order valence-corrected chi connectivity index (χ0v) is 16.4. The number of nitrogens with one attached hydrogen (secondary N) is 3. The fourth-order valence-electron chi connectivity index (χ4n) is 2.01. The molecule has 1 rings (SSSR count). The third kappa shape index (κ3) is 10.5. The van der Waals surface area contributed by atoms with Gasteiger partial charge < -0.3 is 25.4 Å². The minimum absolute atomic E-state index is 0.148. The van der Waals surface area contributed by atoms with Gasteiger partial charge in [0.05, 0.1) is 0 Å². The topological polar surface area (TPSA) is 84.0 Å². The van der Waals surface area contributed by atoms with Gasteiger partial charge in [-0.1, -0.05) is 18.2 Å². The Morgan fingerprint density at radius 2 is 1.71 bits per heavy atom. The van der Waals surface area contributed by atoms with Crippen molar-refractivity contribution in [3.63, 3.8) is 0 Å². The normalized spacial score (nSPS) is 12.3.